The predicted octanol–water partition coefficient (Wildman–Crippen LogP) is 2.74. The molecular weight excluding hydrogens is 221 g/mol. The highest BCUT2D eigenvalue weighted by Crippen LogP contribution is 2.53. The van der Waals surface area contributed by atoms with Crippen LogP contribution < -0.4 is 0 Å². The normalized spacial score (nSPS) is 17.9. The molecule has 1 aliphatic rings. The van der Waals surface area contributed by atoms with E-state index in [4.69, 9.17) is 0 Å². The van der Waals surface area contributed by atoms with E-state index in [1.165, 1.54) is 12.4 Å². The van der Waals surface area contributed by atoms with Gasteiger partial charge in [-0.05, 0) is 12.1 Å². The zero-order chi connectivity index (χ0) is 11.4. The van der Waals surface area contributed by atoms with Crippen LogP contribution in [0.5, 0.6) is 0 Å². The summed E-state index contributed by atoms with van der Waals surface area (Å²) in [7, 11) is 0. The summed E-state index contributed by atoms with van der Waals surface area (Å²) in [4.78, 5) is 6.59. The Kier molecular flexibility index (Phi) is 1.52. The molecule has 0 spiro atoms. The minimum absolute atomic E-state index is 0.00287. The van der Waals surface area contributed by atoms with Crippen molar-refractivity contribution in [3.8, 4) is 0 Å². The standard InChI is InChI=1S/C9H5F3N4/c10-9(11,12)8(15-16-8)6-4-14-7-5(6)2-1-3-13-7/h1-4H,(H,13,14). The van der Waals surface area contributed by atoms with Gasteiger partial charge in [-0.1, -0.05) is 0 Å². The van der Waals surface area contributed by atoms with E-state index in [0.29, 0.717) is 11.0 Å². The lowest BCUT2D eigenvalue weighted by Gasteiger charge is -2.13. The first kappa shape index (κ1) is 9.32. The van der Waals surface area contributed by atoms with Gasteiger partial charge < -0.3 is 4.98 Å². The average molecular weight is 226 g/mol. The van der Waals surface area contributed by atoms with E-state index in [9.17, 15) is 13.2 Å². The SMILES string of the molecule is FC(F)(F)C1(c2c[nH]c3ncccc23)N=N1. The summed E-state index contributed by atoms with van der Waals surface area (Å²) in [5.74, 6) is 0. The summed E-state index contributed by atoms with van der Waals surface area (Å²) in [6.45, 7) is 0. The maximum absolute atomic E-state index is 12.8. The van der Waals surface area contributed by atoms with Crippen molar-refractivity contribution < 1.29 is 13.2 Å². The second-order valence-electron chi connectivity index (χ2n) is 3.47. The van der Waals surface area contributed by atoms with Crippen molar-refractivity contribution in [1.29, 1.82) is 0 Å². The van der Waals surface area contributed by atoms with Crippen molar-refractivity contribution in [3.05, 3.63) is 30.1 Å². The van der Waals surface area contributed by atoms with Crippen molar-refractivity contribution >= 4 is 11.0 Å². The first-order chi connectivity index (χ1) is 7.55. The van der Waals surface area contributed by atoms with Crippen molar-refractivity contribution in [1.82, 2.24) is 9.97 Å². The highest BCUT2D eigenvalue weighted by molar-refractivity contribution is 5.81. The quantitative estimate of drug-likeness (QED) is 0.798. The van der Waals surface area contributed by atoms with Crippen molar-refractivity contribution in [2.45, 2.75) is 11.8 Å². The van der Waals surface area contributed by atoms with Gasteiger partial charge in [0.05, 0.1) is 0 Å². The molecule has 0 amide bonds. The van der Waals surface area contributed by atoms with Crippen molar-refractivity contribution in [2.24, 2.45) is 10.2 Å². The average Bonchev–Trinajstić information content (AvgIpc) is 2.93. The van der Waals surface area contributed by atoms with E-state index in [0.717, 1.165) is 0 Å². The van der Waals surface area contributed by atoms with Crippen LogP contribution in [0.2, 0.25) is 0 Å². The van der Waals surface area contributed by atoms with Gasteiger partial charge in [-0.25, -0.2) is 4.98 Å². The fourth-order valence-corrected chi connectivity index (χ4v) is 1.67. The zero-order valence-corrected chi connectivity index (χ0v) is 7.78. The molecule has 7 heteroatoms. The number of nitrogens with one attached hydrogen (secondary N) is 1. The Hall–Kier alpha value is -1.92. The van der Waals surface area contributed by atoms with Crippen molar-refractivity contribution in [2.75, 3.05) is 0 Å². The van der Waals surface area contributed by atoms with Gasteiger partial charge in [0.25, 0.3) is 0 Å². The number of aromatic amines is 1. The number of hydrogen-bond acceptors (Lipinski definition) is 3. The molecule has 0 fully saturated rings. The Morgan fingerprint density at radius 2 is 2.00 bits per heavy atom. The molecule has 4 nitrogen and oxygen atoms in total. The van der Waals surface area contributed by atoms with Crippen LogP contribution in [0.3, 0.4) is 0 Å². The lowest BCUT2D eigenvalue weighted by Crippen LogP contribution is -2.29. The molecule has 0 atom stereocenters. The van der Waals surface area contributed by atoms with Crippen LogP contribution in [0.15, 0.2) is 34.8 Å². The number of hydrogen-bond donors (Lipinski definition) is 1. The zero-order valence-electron chi connectivity index (χ0n) is 7.78. The molecule has 0 radical (unpaired) electrons. The van der Waals surface area contributed by atoms with Crippen LogP contribution in [0.25, 0.3) is 11.0 Å². The molecule has 3 heterocycles. The first-order valence-corrected chi connectivity index (χ1v) is 4.48. The van der Waals surface area contributed by atoms with E-state index in [1.807, 2.05) is 0 Å². The smallest absolute Gasteiger partial charge is 0.346 e. The molecule has 0 aromatic carbocycles. The maximum Gasteiger partial charge on any atom is 0.442 e. The van der Waals surface area contributed by atoms with Gasteiger partial charge in [-0.2, -0.15) is 13.2 Å². The molecule has 2 aromatic rings. The third-order valence-electron chi connectivity index (χ3n) is 2.52. The lowest BCUT2D eigenvalue weighted by molar-refractivity contribution is -0.165. The van der Waals surface area contributed by atoms with Gasteiger partial charge in [0, 0.05) is 23.3 Å². The van der Waals surface area contributed by atoms with E-state index in [2.05, 4.69) is 20.2 Å². The van der Waals surface area contributed by atoms with Gasteiger partial charge in [0.1, 0.15) is 5.65 Å². The summed E-state index contributed by atoms with van der Waals surface area (Å²) >= 11 is 0. The van der Waals surface area contributed by atoms with E-state index in [1.54, 1.807) is 12.1 Å². The first-order valence-electron chi connectivity index (χ1n) is 4.48. The number of alkyl halides is 3. The minimum atomic E-state index is -4.50. The Balaban J connectivity index is 2.21. The fraction of sp³-hybridized carbons (Fsp3) is 0.222. The summed E-state index contributed by atoms with van der Waals surface area (Å²) in [6.07, 6.45) is -1.74. The van der Waals surface area contributed by atoms with Crippen LogP contribution in [0, 0.1) is 0 Å². The van der Waals surface area contributed by atoms with Crippen LogP contribution in [-0.2, 0) is 5.66 Å². The third-order valence-corrected chi connectivity index (χ3v) is 2.52. The number of halogens is 3. The number of H-pyrrole nitrogens is 1. The van der Waals surface area contributed by atoms with Gasteiger partial charge in [-0.15, -0.1) is 10.2 Å². The van der Waals surface area contributed by atoms with E-state index in [-0.39, 0.29) is 5.56 Å². The fourth-order valence-electron chi connectivity index (χ4n) is 1.67. The highest BCUT2D eigenvalue weighted by Gasteiger charge is 2.66. The largest absolute Gasteiger partial charge is 0.442 e. The number of pyridine rings is 1. The summed E-state index contributed by atoms with van der Waals surface area (Å²) in [5.41, 5.74) is -1.98. The molecule has 82 valence electrons. The molecule has 3 rings (SSSR count). The predicted molar refractivity (Wildman–Crippen MR) is 48.7 cm³/mol. The summed E-state index contributed by atoms with van der Waals surface area (Å²) in [6, 6.07) is 3.14. The molecule has 1 N–H and O–H groups in total. The summed E-state index contributed by atoms with van der Waals surface area (Å²) < 4.78 is 38.3. The number of fused-ring (bicyclic) bond motifs is 1. The summed E-state index contributed by atoms with van der Waals surface area (Å²) in [5, 5.41) is 6.69. The van der Waals surface area contributed by atoms with Crippen LogP contribution in [0.4, 0.5) is 13.2 Å². The maximum atomic E-state index is 12.8. The number of rotatable bonds is 1. The van der Waals surface area contributed by atoms with Gasteiger partial charge in [-0.3, -0.25) is 0 Å². The lowest BCUT2D eigenvalue weighted by atomic mass is 10.0. The number of nitrogens with zero attached hydrogens (tertiary/aromatic N) is 3. The van der Waals surface area contributed by atoms with Gasteiger partial charge >= 0.3 is 11.8 Å². The highest BCUT2D eigenvalue weighted by atomic mass is 19.4. The Morgan fingerprint density at radius 3 is 2.62 bits per heavy atom. The monoisotopic (exact) mass is 226 g/mol. The molecule has 2 aromatic heterocycles. The van der Waals surface area contributed by atoms with Gasteiger partial charge in [0.2, 0.25) is 0 Å². The second-order valence-corrected chi connectivity index (χ2v) is 3.47. The van der Waals surface area contributed by atoms with Crippen LogP contribution in [0.1, 0.15) is 5.56 Å². The molecule has 1 aliphatic heterocycles. The number of aromatic nitrogens is 2. The van der Waals surface area contributed by atoms with E-state index < -0.39 is 11.8 Å². The van der Waals surface area contributed by atoms with Gasteiger partial charge in [0.15, 0.2) is 0 Å². The molecule has 0 saturated carbocycles. The molecule has 0 bridgehead atoms. The molecule has 16 heavy (non-hydrogen) atoms. The van der Waals surface area contributed by atoms with E-state index >= 15 is 0 Å². The molecule has 0 aliphatic carbocycles. The molecule has 0 unspecified atom stereocenters. The Labute approximate surface area is 87.2 Å². The van der Waals surface area contributed by atoms with Crippen LogP contribution >= 0.6 is 0 Å². The van der Waals surface area contributed by atoms with Crippen molar-refractivity contribution in [3.63, 3.8) is 0 Å². The Bertz CT molecular complexity index is 578. The Morgan fingerprint density at radius 1 is 1.25 bits per heavy atom. The van der Waals surface area contributed by atoms with Crippen LogP contribution in [-0.4, -0.2) is 16.1 Å². The molecule has 0 saturated heterocycles. The topological polar surface area (TPSA) is 53.4 Å². The molecular formula is C9H5F3N4. The second kappa shape index (κ2) is 2.60. The minimum Gasteiger partial charge on any atom is -0.346 e. The third kappa shape index (κ3) is 1.02.